The van der Waals surface area contributed by atoms with Crippen molar-refractivity contribution >= 4 is 17.3 Å². The average molecular weight is 317 g/mol. The number of hydrogen-bond acceptors (Lipinski definition) is 2. The van der Waals surface area contributed by atoms with Crippen LogP contribution in [0.2, 0.25) is 5.02 Å². The summed E-state index contributed by atoms with van der Waals surface area (Å²) in [6.45, 7) is 7.88. The maximum Gasteiger partial charge on any atom is 0.150 e. The minimum Gasteiger partial charge on any atom is -0.362 e. The molecule has 2 rings (SSSR count). The molecule has 0 radical (unpaired) electrons. The molecule has 1 N–H and O–H groups in total. The molecule has 0 bridgehead atoms. The van der Waals surface area contributed by atoms with Gasteiger partial charge in [-0.05, 0) is 18.4 Å². The third kappa shape index (κ3) is 3.49. The van der Waals surface area contributed by atoms with Gasteiger partial charge in [-0.25, -0.2) is 8.78 Å². The summed E-state index contributed by atoms with van der Waals surface area (Å²) in [6, 6.07) is 2.56. The second kappa shape index (κ2) is 6.93. The van der Waals surface area contributed by atoms with E-state index in [1.807, 2.05) is 4.90 Å². The number of piperazine rings is 1. The van der Waals surface area contributed by atoms with Crippen LogP contribution in [0, 0.1) is 17.6 Å². The van der Waals surface area contributed by atoms with E-state index in [4.69, 9.17) is 11.6 Å². The predicted molar refractivity (Wildman–Crippen MR) is 84.0 cm³/mol. The summed E-state index contributed by atoms with van der Waals surface area (Å²) in [4.78, 5) is 2.00. The lowest BCUT2D eigenvalue weighted by Gasteiger charge is -2.43. The van der Waals surface area contributed by atoms with Crippen LogP contribution in [0.4, 0.5) is 14.5 Å². The molecule has 0 amide bonds. The van der Waals surface area contributed by atoms with Gasteiger partial charge in [-0.15, -0.1) is 0 Å². The number of hydrogen-bond donors (Lipinski definition) is 1. The molecule has 0 aliphatic carbocycles. The Morgan fingerprint density at radius 3 is 2.67 bits per heavy atom. The molecule has 5 heteroatoms. The molecule has 1 aromatic rings. The van der Waals surface area contributed by atoms with Crippen molar-refractivity contribution in [3.8, 4) is 0 Å². The molecule has 1 saturated heterocycles. The van der Waals surface area contributed by atoms with Crippen LogP contribution in [-0.2, 0) is 0 Å². The number of halogens is 3. The van der Waals surface area contributed by atoms with Crippen LogP contribution in [0.15, 0.2) is 12.1 Å². The quantitative estimate of drug-likeness (QED) is 0.894. The number of rotatable bonds is 4. The van der Waals surface area contributed by atoms with Crippen molar-refractivity contribution in [2.24, 2.45) is 5.92 Å². The minimum atomic E-state index is -0.636. The predicted octanol–water partition coefficient (Wildman–Crippen LogP) is 4.22. The first-order valence-electron chi connectivity index (χ1n) is 7.62. The molecule has 3 unspecified atom stereocenters. The van der Waals surface area contributed by atoms with E-state index >= 15 is 0 Å². The standard InChI is InChI=1S/C16H23ClF2N2/c1-4-10(3)15-9-21(12(5-2)8-20-15)16-13(17)6-11(18)7-14(16)19/h6-7,10,12,15,20H,4-5,8-9H2,1-3H3. The molecule has 1 fully saturated rings. The third-order valence-electron chi connectivity index (χ3n) is 4.52. The van der Waals surface area contributed by atoms with Crippen LogP contribution >= 0.6 is 11.6 Å². The summed E-state index contributed by atoms with van der Waals surface area (Å²) < 4.78 is 27.5. The number of anilines is 1. The first-order chi connectivity index (χ1) is 9.97. The zero-order valence-electron chi connectivity index (χ0n) is 12.8. The Balaban J connectivity index is 2.33. The highest BCUT2D eigenvalue weighted by Gasteiger charge is 2.32. The Morgan fingerprint density at radius 1 is 1.38 bits per heavy atom. The second-order valence-corrected chi connectivity index (χ2v) is 6.24. The van der Waals surface area contributed by atoms with Crippen molar-refractivity contribution in [1.29, 1.82) is 0 Å². The highest BCUT2D eigenvalue weighted by Crippen LogP contribution is 2.33. The van der Waals surface area contributed by atoms with E-state index in [2.05, 4.69) is 26.1 Å². The third-order valence-corrected chi connectivity index (χ3v) is 4.81. The SMILES string of the molecule is CCC(C)C1CN(c2c(F)cc(F)cc2Cl)C(CC)CN1. The van der Waals surface area contributed by atoms with Gasteiger partial charge in [0.1, 0.15) is 5.82 Å². The van der Waals surface area contributed by atoms with E-state index in [1.54, 1.807) is 0 Å². The van der Waals surface area contributed by atoms with Crippen molar-refractivity contribution in [3.63, 3.8) is 0 Å². The molecule has 1 heterocycles. The van der Waals surface area contributed by atoms with Crippen molar-refractivity contribution in [1.82, 2.24) is 5.32 Å². The van der Waals surface area contributed by atoms with Crippen molar-refractivity contribution in [2.75, 3.05) is 18.0 Å². The highest BCUT2D eigenvalue weighted by molar-refractivity contribution is 6.33. The molecule has 3 atom stereocenters. The molecule has 1 aliphatic rings. The maximum atomic E-state index is 14.2. The Bertz CT molecular complexity index is 472. The molecule has 1 aromatic carbocycles. The molecular weight excluding hydrogens is 294 g/mol. The van der Waals surface area contributed by atoms with Crippen LogP contribution in [0.1, 0.15) is 33.6 Å². The first-order valence-corrected chi connectivity index (χ1v) is 8.00. The van der Waals surface area contributed by atoms with Gasteiger partial charge in [-0.3, -0.25) is 0 Å². The lowest BCUT2D eigenvalue weighted by molar-refractivity contribution is 0.304. The Hall–Kier alpha value is -0.870. The average Bonchev–Trinajstić information content (AvgIpc) is 2.45. The Labute approximate surface area is 130 Å². The summed E-state index contributed by atoms with van der Waals surface area (Å²) in [7, 11) is 0. The molecule has 21 heavy (non-hydrogen) atoms. The zero-order valence-corrected chi connectivity index (χ0v) is 13.6. The summed E-state index contributed by atoms with van der Waals surface area (Å²) in [5.74, 6) is -0.723. The molecular formula is C16H23ClF2N2. The van der Waals surface area contributed by atoms with Gasteiger partial charge in [0.15, 0.2) is 5.82 Å². The van der Waals surface area contributed by atoms with E-state index in [0.717, 1.165) is 25.5 Å². The minimum absolute atomic E-state index is 0.149. The van der Waals surface area contributed by atoms with Gasteiger partial charge in [0.25, 0.3) is 0 Å². The van der Waals surface area contributed by atoms with Crippen molar-refractivity contribution in [2.45, 2.75) is 45.7 Å². The summed E-state index contributed by atoms with van der Waals surface area (Å²) >= 11 is 6.11. The zero-order chi connectivity index (χ0) is 15.6. The normalized spacial score (nSPS) is 24.2. The van der Waals surface area contributed by atoms with Crippen molar-refractivity contribution in [3.05, 3.63) is 28.8 Å². The van der Waals surface area contributed by atoms with Gasteiger partial charge in [0, 0.05) is 31.2 Å². The van der Waals surface area contributed by atoms with Crippen LogP contribution in [0.3, 0.4) is 0 Å². The van der Waals surface area contributed by atoms with Gasteiger partial charge in [-0.1, -0.05) is 38.8 Å². The summed E-state index contributed by atoms with van der Waals surface area (Å²) in [5.41, 5.74) is 0.333. The van der Waals surface area contributed by atoms with Gasteiger partial charge in [-0.2, -0.15) is 0 Å². The second-order valence-electron chi connectivity index (χ2n) is 5.83. The van der Waals surface area contributed by atoms with Crippen LogP contribution in [0.5, 0.6) is 0 Å². The highest BCUT2D eigenvalue weighted by atomic mass is 35.5. The molecule has 2 nitrogen and oxygen atoms in total. The lowest BCUT2D eigenvalue weighted by atomic mass is 9.94. The fourth-order valence-corrected chi connectivity index (χ4v) is 3.24. The molecule has 0 saturated carbocycles. The van der Waals surface area contributed by atoms with E-state index in [0.29, 0.717) is 24.2 Å². The summed E-state index contributed by atoms with van der Waals surface area (Å²) in [6.07, 6.45) is 1.94. The smallest absolute Gasteiger partial charge is 0.150 e. The summed E-state index contributed by atoms with van der Waals surface area (Å²) in [5, 5.41) is 3.69. The van der Waals surface area contributed by atoms with Crippen LogP contribution < -0.4 is 10.2 Å². The van der Waals surface area contributed by atoms with Crippen molar-refractivity contribution < 1.29 is 8.78 Å². The first kappa shape index (κ1) is 16.5. The van der Waals surface area contributed by atoms with Gasteiger partial charge in [0.05, 0.1) is 10.7 Å². The largest absolute Gasteiger partial charge is 0.362 e. The lowest BCUT2D eigenvalue weighted by Crippen LogP contribution is -2.58. The van der Waals surface area contributed by atoms with E-state index in [-0.39, 0.29) is 11.1 Å². The van der Waals surface area contributed by atoms with Gasteiger partial charge >= 0.3 is 0 Å². The fourth-order valence-electron chi connectivity index (χ4n) is 2.94. The molecule has 0 spiro atoms. The van der Waals surface area contributed by atoms with Gasteiger partial charge in [0.2, 0.25) is 0 Å². The van der Waals surface area contributed by atoms with Gasteiger partial charge < -0.3 is 10.2 Å². The van der Waals surface area contributed by atoms with Crippen LogP contribution in [0.25, 0.3) is 0 Å². The molecule has 1 aliphatic heterocycles. The van der Waals surface area contributed by atoms with Crippen LogP contribution in [-0.4, -0.2) is 25.2 Å². The van der Waals surface area contributed by atoms with E-state index in [9.17, 15) is 8.78 Å². The van der Waals surface area contributed by atoms with E-state index in [1.165, 1.54) is 6.07 Å². The number of benzene rings is 1. The fraction of sp³-hybridized carbons (Fsp3) is 0.625. The molecule has 0 aromatic heterocycles. The number of nitrogens with one attached hydrogen (secondary N) is 1. The topological polar surface area (TPSA) is 15.3 Å². The maximum absolute atomic E-state index is 14.2. The monoisotopic (exact) mass is 316 g/mol. The van der Waals surface area contributed by atoms with E-state index < -0.39 is 11.6 Å². The Kier molecular flexibility index (Phi) is 5.44. The number of nitrogens with zero attached hydrogens (tertiary/aromatic N) is 1. The molecule has 118 valence electrons. The Morgan fingerprint density at radius 2 is 2.10 bits per heavy atom.